The molecule has 0 aliphatic carbocycles. The van der Waals surface area contributed by atoms with Crippen molar-refractivity contribution in [1.29, 1.82) is 0 Å². The van der Waals surface area contributed by atoms with Gasteiger partial charge in [-0.05, 0) is 57.5 Å². The molecule has 5 heterocycles. The standard InChI is InChI=1S/C22H20ClF3N6O2/c1-11-7-16(30-32-18(11)28-12(2)20(32)34-21(33)22(24,25)26)14-8-15(23)19-29-17(10-31(19)9-14)13-3-5-27-6-4-13/h7-10,13,27H,3-6H2,1-2H3. The lowest BCUT2D eigenvalue weighted by Crippen LogP contribution is -2.28. The number of pyridine rings is 1. The van der Waals surface area contributed by atoms with Crippen molar-refractivity contribution in [1.82, 2.24) is 29.3 Å². The number of hydrogen-bond acceptors (Lipinski definition) is 6. The highest BCUT2D eigenvalue weighted by Gasteiger charge is 2.42. The smallest absolute Gasteiger partial charge is 0.399 e. The first-order valence-corrected chi connectivity index (χ1v) is 11.0. The van der Waals surface area contributed by atoms with Crippen LogP contribution in [0.15, 0.2) is 24.5 Å². The number of esters is 1. The van der Waals surface area contributed by atoms with Crippen LogP contribution in [0.2, 0.25) is 5.02 Å². The molecule has 1 aliphatic heterocycles. The first-order chi connectivity index (χ1) is 16.1. The van der Waals surface area contributed by atoms with Crippen LogP contribution < -0.4 is 10.1 Å². The summed E-state index contributed by atoms with van der Waals surface area (Å²) in [5, 5.41) is 8.17. The Labute approximate surface area is 196 Å². The van der Waals surface area contributed by atoms with E-state index in [1.54, 1.807) is 19.1 Å². The predicted octanol–water partition coefficient (Wildman–Crippen LogP) is 4.25. The van der Waals surface area contributed by atoms with Crippen molar-refractivity contribution in [2.45, 2.75) is 38.8 Å². The molecule has 1 N–H and O–H groups in total. The monoisotopic (exact) mass is 492 g/mol. The minimum Gasteiger partial charge on any atom is -0.399 e. The van der Waals surface area contributed by atoms with Gasteiger partial charge in [0.1, 0.15) is 5.69 Å². The van der Waals surface area contributed by atoms with Crippen molar-refractivity contribution in [2.75, 3.05) is 13.1 Å². The number of piperidine rings is 1. The van der Waals surface area contributed by atoms with Gasteiger partial charge in [0.25, 0.3) is 0 Å². The molecule has 0 unspecified atom stereocenters. The molecule has 4 aromatic heterocycles. The van der Waals surface area contributed by atoms with Gasteiger partial charge >= 0.3 is 12.1 Å². The highest BCUT2D eigenvalue weighted by molar-refractivity contribution is 6.33. The van der Waals surface area contributed by atoms with Crippen LogP contribution >= 0.6 is 11.6 Å². The van der Waals surface area contributed by atoms with E-state index in [4.69, 9.17) is 16.6 Å². The number of carbonyl (C=O) groups is 1. The Morgan fingerprint density at radius 2 is 1.88 bits per heavy atom. The molecular formula is C22H20ClF3N6O2. The molecular weight excluding hydrogens is 473 g/mol. The van der Waals surface area contributed by atoms with Crippen LogP contribution in [-0.4, -0.2) is 49.2 Å². The number of nitrogens with one attached hydrogen (secondary N) is 1. The number of alkyl halides is 3. The first kappa shape index (κ1) is 22.6. The molecule has 0 bridgehead atoms. The fraction of sp³-hybridized carbons (Fsp3) is 0.364. The predicted molar refractivity (Wildman–Crippen MR) is 118 cm³/mol. The molecule has 0 atom stereocenters. The number of ether oxygens (including phenoxy) is 1. The maximum absolute atomic E-state index is 12.8. The number of imidazole rings is 2. The normalized spacial score (nSPS) is 15.4. The number of fused-ring (bicyclic) bond motifs is 2. The molecule has 0 spiro atoms. The summed E-state index contributed by atoms with van der Waals surface area (Å²) >= 11 is 6.54. The van der Waals surface area contributed by atoms with Gasteiger partial charge in [-0.3, -0.25) is 0 Å². The third kappa shape index (κ3) is 3.98. The van der Waals surface area contributed by atoms with Gasteiger partial charge in [-0.1, -0.05) is 11.6 Å². The van der Waals surface area contributed by atoms with Gasteiger partial charge in [0.2, 0.25) is 5.88 Å². The van der Waals surface area contributed by atoms with E-state index >= 15 is 0 Å². The van der Waals surface area contributed by atoms with Crippen molar-refractivity contribution in [3.63, 3.8) is 0 Å². The van der Waals surface area contributed by atoms with Crippen molar-refractivity contribution in [3.05, 3.63) is 46.5 Å². The van der Waals surface area contributed by atoms with Gasteiger partial charge in [-0.25, -0.2) is 14.8 Å². The van der Waals surface area contributed by atoms with E-state index in [1.807, 2.05) is 16.8 Å². The zero-order chi connectivity index (χ0) is 24.2. The number of nitrogens with zero attached hydrogens (tertiary/aromatic N) is 5. The largest absolute Gasteiger partial charge is 0.491 e. The van der Waals surface area contributed by atoms with Gasteiger partial charge in [0.15, 0.2) is 11.3 Å². The summed E-state index contributed by atoms with van der Waals surface area (Å²) in [5.41, 5.74) is 3.67. The summed E-state index contributed by atoms with van der Waals surface area (Å²) in [6.45, 7) is 5.07. The second kappa shape index (κ2) is 8.24. The number of aromatic nitrogens is 5. The molecule has 1 aliphatic rings. The lowest BCUT2D eigenvalue weighted by molar-refractivity contribution is -0.190. The molecule has 1 saturated heterocycles. The van der Waals surface area contributed by atoms with Crippen molar-refractivity contribution in [3.8, 4) is 17.1 Å². The minimum atomic E-state index is -5.14. The fourth-order valence-electron chi connectivity index (χ4n) is 4.19. The molecule has 0 radical (unpaired) electrons. The van der Waals surface area contributed by atoms with E-state index < -0.39 is 12.1 Å². The lowest BCUT2D eigenvalue weighted by Gasteiger charge is -2.20. The zero-order valence-electron chi connectivity index (χ0n) is 18.3. The molecule has 178 valence electrons. The third-order valence-electron chi connectivity index (χ3n) is 5.89. The highest BCUT2D eigenvalue weighted by atomic mass is 35.5. The van der Waals surface area contributed by atoms with Crippen molar-refractivity contribution in [2.24, 2.45) is 0 Å². The molecule has 1 fully saturated rings. The van der Waals surface area contributed by atoms with Crippen LogP contribution in [0.4, 0.5) is 13.2 Å². The summed E-state index contributed by atoms with van der Waals surface area (Å²) in [5.74, 6) is -2.38. The molecule has 0 amide bonds. The highest BCUT2D eigenvalue weighted by Crippen LogP contribution is 2.31. The average Bonchev–Trinajstić information content (AvgIpc) is 3.36. The van der Waals surface area contributed by atoms with E-state index in [9.17, 15) is 18.0 Å². The Morgan fingerprint density at radius 1 is 1.15 bits per heavy atom. The van der Waals surface area contributed by atoms with Gasteiger partial charge in [-0.2, -0.15) is 22.8 Å². The van der Waals surface area contributed by atoms with E-state index in [-0.39, 0.29) is 17.2 Å². The van der Waals surface area contributed by atoms with Gasteiger partial charge < -0.3 is 14.5 Å². The zero-order valence-corrected chi connectivity index (χ0v) is 19.0. The molecule has 4 aromatic rings. The SMILES string of the molecule is Cc1nc2c(C)cc(-c3cc(Cl)c4nc(C5CCNCC5)cn4c3)nn2c1OC(=O)C(F)(F)F. The van der Waals surface area contributed by atoms with Crippen LogP contribution in [0.25, 0.3) is 22.6 Å². The average molecular weight is 493 g/mol. The fourth-order valence-corrected chi connectivity index (χ4v) is 4.45. The molecule has 8 nitrogen and oxygen atoms in total. The Bertz CT molecular complexity index is 1420. The van der Waals surface area contributed by atoms with E-state index in [2.05, 4.69) is 20.1 Å². The van der Waals surface area contributed by atoms with Gasteiger partial charge in [-0.15, -0.1) is 0 Å². The van der Waals surface area contributed by atoms with E-state index in [0.29, 0.717) is 33.4 Å². The topological polar surface area (TPSA) is 85.8 Å². The van der Waals surface area contributed by atoms with Crippen LogP contribution in [-0.2, 0) is 4.79 Å². The molecule has 34 heavy (non-hydrogen) atoms. The van der Waals surface area contributed by atoms with Crippen molar-refractivity contribution >= 4 is 28.9 Å². The molecule has 0 aromatic carbocycles. The summed E-state index contributed by atoms with van der Waals surface area (Å²) in [4.78, 5) is 20.4. The summed E-state index contributed by atoms with van der Waals surface area (Å²) < 4.78 is 45.9. The maximum atomic E-state index is 12.8. The number of halogens is 4. The van der Waals surface area contributed by atoms with E-state index in [0.717, 1.165) is 36.1 Å². The summed E-state index contributed by atoms with van der Waals surface area (Å²) in [6.07, 6.45) is 0.604. The van der Waals surface area contributed by atoms with Crippen LogP contribution in [0.3, 0.4) is 0 Å². The second-order valence-electron chi connectivity index (χ2n) is 8.34. The summed E-state index contributed by atoms with van der Waals surface area (Å²) in [7, 11) is 0. The Balaban J connectivity index is 1.58. The van der Waals surface area contributed by atoms with Crippen LogP contribution in [0, 0.1) is 13.8 Å². The first-order valence-electron chi connectivity index (χ1n) is 10.7. The maximum Gasteiger partial charge on any atom is 0.491 e. The number of aryl methyl sites for hydroxylation is 2. The molecule has 12 heteroatoms. The van der Waals surface area contributed by atoms with Crippen LogP contribution in [0.1, 0.15) is 35.7 Å². The molecule has 0 saturated carbocycles. The number of carbonyl (C=O) groups excluding carboxylic acids is 1. The van der Waals surface area contributed by atoms with E-state index in [1.165, 1.54) is 6.92 Å². The van der Waals surface area contributed by atoms with Crippen molar-refractivity contribution < 1.29 is 22.7 Å². The minimum absolute atomic E-state index is 0.111. The quantitative estimate of drug-likeness (QED) is 0.430. The summed E-state index contributed by atoms with van der Waals surface area (Å²) in [6, 6.07) is 3.45. The Hall–Kier alpha value is -3.18. The van der Waals surface area contributed by atoms with Crippen LogP contribution in [0.5, 0.6) is 5.88 Å². The van der Waals surface area contributed by atoms with Gasteiger partial charge in [0.05, 0.1) is 16.4 Å². The third-order valence-corrected chi connectivity index (χ3v) is 6.17. The van der Waals surface area contributed by atoms with Gasteiger partial charge in [0, 0.05) is 23.9 Å². The number of hydrogen-bond donors (Lipinski definition) is 1. The second-order valence-corrected chi connectivity index (χ2v) is 8.74. The lowest BCUT2D eigenvalue weighted by atomic mass is 9.95. The Kier molecular flexibility index (Phi) is 5.48. The molecule has 5 rings (SSSR count). The Morgan fingerprint density at radius 3 is 2.59 bits per heavy atom. The number of rotatable bonds is 3.